The molecule has 1 aromatic rings. The Bertz CT molecular complexity index is 446. The predicted molar refractivity (Wildman–Crippen MR) is 82.1 cm³/mol. The second-order valence-corrected chi connectivity index (χ2v) is 4.80. The number of methoxy groups -OCH3 is 1. The first-order valence-corrected chi connectivity index (χ1v) is 6.78. The van der Waals surface area contributed by atoms with Gasteiger partial charge in [-0.05, 0) is 50.3 Å². The van der Waals surface area contributed by atoms with Crippen molar-refractivity contribution < 1.29 is 14.3 Å². The Hall–Kier alpha value is -1.66. The number of hydrogen-bond acceptors (Lipinski definition) is 4. The quantitative estimate of drug-likeness (QED) is 0.618. The molecule has 0 heterocycles. The Morgan fingerprint density at radius 3 is 2.50 bits per heavy atom. The van der Waals surface area contributed by atoms with E-state index in [9.17, 15) is 4.79 Å². The molecular weight excluding hydrogens is 276 g/mol. The van der Waals surface area contributed by atoms with Crippen LogP contribution in [0.5, 0.6) is 5.75 Å². The Labute approximate surface area is 124 Å². The lowest BCUT2D eigenvalue weighted by Crippen LogP contribution is -2.40. The predicted octanol–water partition coefficient (Wildman–Crippen LogP) is 1.72. The van der Waals surface area contributed by atoms with Crippen molar-refractivity contribution in [1.82, 2.24) is 10.6 Å². The number of carbonyl (C=O) groups is 1. The molecule has 6 heteroatoms. The summed E-state index contributed by atoms with van der Waals surface area (Å²) in [5.41, 5.74) is 0.525. The van der Waals surface area contributed by atoms with Crippen molar-refractivity contribution in [1.29, 1.82) is 0 Å². The van der Waals surface area contributed by atoms with Crippen LogP contribution in [0.4, 0.5) is 0 Å². The van der Waals surface area contributed by atoms with Crippen LogP contribution in [0.25, 0.3) is 0 Å². The van der Waals surface area contributed by atoms with E-state index in [4.69, 9.17) is 21.7 Å². The van der Waals surface area contributed by atoms with Crippen LogP contribution in [-0.4, -0.2) is 37.4 Å². The third-order valence-electron chi connectivity index (χ3n) is 2.31. The smallest absolute Gasteiger partial charge is 0.257 e. The molecule has 5 nitrogen and oxygen atoms in total. The highest BCUT2D eigenvalue weighted by atomic mass is 32.1. The summed E-state index contributed by atoms with van der Waals surface area (Å²) in [7, 11) is 1.60. The van der Waals surface area contributed by atoms with Gasteiger partial charge in [0.05, 0.1) is 12.7 Å². The fourth-order valence-electron chi connectivity index (χ4n) is 1.44. The van der Waals surface area contributed by atoms with Gasteiger partial charge in [-0.2, -0.15) is 0 Å². The van der Waals surface area contributed by atoms with Crippen molar-refractivity contribution in [3.8, 4) is 5.75 Å². The highest BCUT2D eigenvalue weighted by Crippen LogP contribution is 2.13. The number of rotatable bonds is 6. The van der Waals surface area contributed by atoms with E-state index in [2.05, 4.69) is 10.6 Å². The molecule has 0 aliphatic heterocycles. The highest BCUT2D eigenvalue weighted by Gasteiger charge is 2.08. The van der Waals surface area contributed by atoms with Gasteiger partial charge in [-0.1, -0.05) is 0 Å². The molecule has 0 saturated carbocycles. The molecule has 0 aliphatic carbocycles. The molecule has 0 unspecified atom stereocenters. The van der Waals surface area contributed by atoms with Crippen molar-refractivity contribution in [3.05, 3.63) is 29.8 Å². The lowest BCUT2D eigenvalue weighted by atomic mass is 10.2. The number of ether oxygens (including phenoxy) is 2. The standard InChI is InChI=1S/C14H20N2O3S/c1-10(2)19-12-6-4-11(5-7-12)13(17)16-14(20)15-8-9-18-3/h4-7,10H,8-9H2,1-3H3,(H2,15,16,17,20). The second kappa shape index (κ2) is 8.50. The molecule has 0 spiro atoms. The summed E-state index contributed by atoms with van der Waals surface area (Å²) in [4.78, 5) is 11.9. The van der Waals surface area contributed by atoms with Gasteiger partial charge in [0, 0.05) is 19.2 Å². The maximum atomic E-state index is 11.9. The summed E-state index contributed by atoms with van der Waals surface area (Å²) >= 11 is 5.00. The number of carbonyl (C=O) groups excluding carboxylic acids is 1. The van der Waals surface area contributed by atoms with Gasteiger partial charge in [0.1, 0.15) is 5.75 Å². The first-order valence-electron chi connectivity index (χ1n) is 6.37. The van der Waals surface area contributed by atoms with Crippen LogP contribution in [0.3, 0.4) is 0 Å². The highest BCUT2D eigenvalue weighted by molar-refractivity contribution is 7.80. The Kier molecular flexibility index (Phi) is 6.97. The lowest BCUT2D eigenvalue weighted by Gasteiger charge is -2.11. The van der Waals surface area contributed by atoms with Gasteiger partial charge in [0.15, 0.2) is 5.11 Å². The topological polar surface area (TPSA) is 59.6 Å². The SMILES string of the molecule is COCCNC(=S)NC(=O)c1ccc(OC(C)C)cc1. The van der Waals surface area contributed by atoms with Crippen LogP contribution < -0.4 is 15.4 Å². The normalized spacial score (nSPS) is 10.2. The van der Waals surface area contributed by atoms with Gasteiger partial charge < -0.3 is 14.8 Å². The molecule has 0 atom stereocenters. The van der Waals surface area contributed by atoms with E-state index < -0.39 is 0 Å². The molecule has 2 N–H and O–H groups in total. The molecule has 0 radical (unpaired) electrons. The average molecular weight is 296 g/mol. The van der Waals surface area contributed by atoms with Crippen LogP contribution >= 0.6 is 12.2 Å². The van der Waals surface area contributed by atoms with Crippen LogP contribution in [0, 0.1) is 0 Å². The molecule has 110 valence electrons. The van der Waals surface area contributed by atoms with E-state index in [1.54, 1.807) is 31.4 Å². The maximum Gasteiger partial charge on any atom is 0.257 e. The van der Waals surface area contributed by atoms with Crippen LogP contribution in [0.1, 0.15) is 24.2 Å². The molecule has 1 amide bonds. The Balaban J connectivity index is 2.49. The first kappa shape index (κ1) is 16.4. The second-order valence-electron chi connectivity index (χ2n) is 4.39. The van der Waals surface area contributed by atoms with Gasteiger partial charge in [-0.15, -0.1) is 0 Å². The number of nitrogens with one attached hydrogen (secondary N) is 2. The molecule has 0 fully saturated rings. The molecule has 0 aliphatic rings. The van der Waals surface area contributed by atoms with Crippen molar-refractivity contribution in [3.63, 3.8) is 0 Å². The molecule has 0 saturated heterocycles. The largest absolute Gasteiger partial charge is 0.491 e. The van der Waals surface area contributed by atoms with E-state index in [1.807, 2.05) is 13.8 Å². The minimum atomic E-state index is -0.254. The summed E-state index contributed by atoms with van der Waals surface area (Å²) in [5.74, 6) is 0.480. The number of amides is 1. The zero-order chi connectivity index (χ0) is 15.0. The monoisotopic (exact) mass is 296 g/mol. The van der Waals surface area contributed by atoms with Crippen LogP contribution in [-0.2, 0) is 4.74 Å². The zero-order valence-corrected chi connectivity index (χ0v) is 12.8. The van der Waals surface area contributed by atoms with E-state index in [0.29, 0.717) is 18.7 Å². The van der Waals surface area contributed by atoms with E-state index >= 15 is 0 Å². The fraction of sp³-hybridized carbons (Fsp3) is 0.429. The third-order valence-corrected chi connectivity index (χ3v) is 2.55. The summed E-state index contributed by atoms with van der Waals surface area (Å²) in [6, 6.07) is 6.92. The van der Waals surface area contributed by atoms with Crippen molar-refractivity contribution >= 4 is 23.2 Å². The number of benzene rings is 1. The van der Waals surface area contributed by atoms with Gasteiger partial charge in [0.2, 0.25) is 0 Å². The van der Waals surface area contributed by atoms with Gasteiger partial charge >= 0.3 is 0 Å². The minimum absolute atomic E-state index is 0.104. The summed E-state index contributed by atoms with van der Waals surface area (Å²) in [6.45, 7) is 4.98. The van der Waals surface area contributed by atoms with Crippen molar-refractivity contribution in [2.24, 2.45) is 0 Å². The summed E-state index contributed by atoms with van der Waals surface area (Å²) < 4.78 is 10.4. The zero-order valence-electron chi connectivity index (χ0n) is 11.9. The Morgan fingerprint density at radius 1 is 1.30 bits per heavy atom. The molecule has 0 bridgehead atoms. The van der Waals surface area contributed by atoms with Crippen molar-refractivity contribution in [2.45, 2.75) is 20.0 Å². The number of thiocarbonyl (C=S) groups is 1. The van der Waals surface area contributed by atoms with Crippen molar-refractivity contribution in [2.75, 3.05) is 20.3 Å². The first-order chi connectivity index (χ1) is 9.52. The molecule has 0 aromatic heterocycles. The molecular formula is C14H20N2O3S. The third kappa shape index (κ3) is 5.99. The van der Waals surface area contributed by atoms with Crippen LogP contribution in [0.2, 0.25) is 0 Å². The van der Waals surface area contributed by atoms with E-state index in [0.717, 1.165) is 5.75 Å². The average Bonchev–Trinajstić information content (AvgIpc) is 2.39. The fourth-order valence-corrected chi connectivity index (χ4v) is 1.64. The molecule has 1 aromatic carbocycles. The molecule has 20 heavy (non-hydrogen) atoms. The van der Waals surface area contributed by atoms with Gasteiger partial charge in [0.25, 0.3) is 5.91 Å². The summed E-state index contributed by atoms with van der Waals surface area (Å²) in [6.07, 6.45) is 0.104. The molecule has 1 rings (SSSR count). The maximum absolute atomic E-state index is 11.9. The van der Waals surface area contributed by atoms with E-state index in [1.165, 1.54) is 0 Å². The van der Waals surface area contributed by atoms with Gasteiger partial charge in [-0.3, -0.25) is 10.1 Å². The van der Waals surface area contributed by atoms with E-state index in [-0.39, 0.29) is 17.1 Å². The Morgan fingerprint density at radius 2 is 1.95 bits per heavy atom. The number of hydrogen-bond donors (Lipinski definition) is 2. The minimum Gasteiger partial charge on any atom is -0.491 e. The van der Waals surface area contributed by atoms with Crippen LogP contribution in [0.15, 0.2) is 24.3 Å². The lowest BCUT2D eigenvalue weighted by molar-refractivity contribution is 0.0976. The van der Waals surface area contributed by atoms with Gasteiger partial charge in [-0.25, -0.2) is 0 Å². The summed E-state index contributed by atoms with van der Waals surface area (Å²) in [5, 5.41) is 5.76.